The zero-order valence-electron chi connectivity index (χ0n) is 11.2. The van der Waals surface area contributed by atoms with Crippen LogP contribution in [0.3, 0.4) is 0 Å². The molecule has 19 heavy (non-hydrogen) atoms. The standard InChI is InChI=1S/C14H20FNO3/c1-2-14(17)19-9-8-18-7-6-16-11-12-4-3-5-13(15)10-12/h3-5,10,16H,2,6-9,11H2,1H3. The second kappa shape index (κ2) is 9.47. The highest BCUT2D eigenvalue weighted by Gasteiger charge is 1.97. The number of benzene rings is 1. The number of halogens is 1. The number of carbonyl (C=O) groups excluding carboxylic acids is 1. The van der Waals surface area contributed by atoms with Gasteiger partial charge < -0.3 is 14.8 Å². The first kappa shape index (κ1) is 15.6. The van der Waals surface area contributed by atoms with Crippen LogP contribution in [-0.4, -0.2) is 32.3 Å². The number of ether oxygens (including phenoxy) is 2. The van der Waals surface area contributed by atoms with Crippen LogP contribution in [0.25, 0.3) is 0 Å². The summed E-state index contributed by atoms with van der Waals surface area (Å²) in [4.78, 5) is 10.8. The summed E-state index contributed by atoms with van der Waals surface area (Å²) in [7, 11) is 0. The van der Waals surface area contributed by atoms with Gasteiger partial charge in [-0.05, 0) is 17.7 Å². The van der Waals surface area contributed by atoms with Crippen molar-refractivity contribution in [2.45, 2.75) is 19.9 Å². The van der Waals surface area contributed by atoms with E-state index in [1.54, 1.807) is 13.0 Å². The fraction of sp³-hybridized carbons (Fsp3) is 0.500. The van der Waals surface area contributed by atoms with Crippen LogP contribution in [0.1, 0.15) is 18.9 Å². The number of esters is 1. The molecule has 1 aromatic rings. The third-order valence-corrected chi connectivity index (χ3v) is 2.42. The third-order valence-electron chi connectivity index (χ3n) is 2.42. The Labute approximate surface area is 112 Å². The van der Waals surface area contributed by atoms with Crippen LogP contribution in [0.4, 0.5) is 4.39 Å². The summed E-state index contributed by atoms with van der Waals surface area (Å²) in [6.45, 7) is 4.23. The molecule has 0 saturated heterocycles. The first-order chi connectivity index (χ1) is 9.22. The van der Waals surface area contributed by atoms with Crippen LogP contribution in [0.2, 0.25) is 0 Å². The molecule has 0 aromatic heterocycles. The molecule has 106 valence electrons. The van der Waals surface area contributed by atoms with E-state index in [-0.39, 0.29) is 18.4 Å². The first-order valence-electron chi connectivity index (χ1n) is 6.41. The fourth-order valence-electron chi connectivity index (χ4n) is 1.44. The summed E-state index contributed by atoms with van der Waals surface area (Å²) in [5, 5.41) is 3.14. The molecule has 0 aliphatic carbocycles. The first-order valence-corrected chi connectivity index (χ1v) is 6.41. The average molecular weight is 269 g/mol. The van der Waals surface area contributed by atoms with Crippen LogP contribution < -0.4 is 5.32 Å². The Morgan fingerprint density at radius 3 is 2.89 bits per heavy atom. The van der Waals surface area contributed by atoms with E-state index in [2.05, 4.69) is 5.32 Å². The van der Waals surface area contributed by atoms with E-state index < -0.39 is 0 Å². The van der Waals surface area contributed by atoms with Gasteiger partial charge in [0.2, 0.25) is 0 Å². The topological polar surface area (TPSA) is 47.6 Å². The van der Waals surface area contributed by atoms with Gasteiger partial charge in [0, 0.05) is 19.5 Å². The Bertz CT molecular complexity index is 385. The molecule has 0 fully saturated rings. The lowest BCUT2D eigenvalue weighted by Crippen LogP contribution is -2.20. The van der Waals surface area contributed by atoms with E-state index in [0.29, 0.717) is 32.7 Å². The maximum absolute atomic E-state index is 12.9. The molecular weight excluding hydrogens is 249 g/mol. The number of hydrogen-bond donors (Lipinski definition) is 1. The van der Waals surface area contributed by atoms with Crippen LogP contribution in [-0.2, 0) is 20.8 Å². The number of rotatable bonds is 9. The van der Waals surface area contributed by atoms with Crippen molar-refractivity contribution in [3.05, 3.63) is 35.6 Å². The van der Waals surface area contributed by atoms with Crippen molar-refractivity contribution < 1.29 is 18.7 Å². The minimum Gasteiger partial charge on any atom is -0.463 e. The lowest BCUT2D eigenvalue weighted by atomic mass is 10.2. The van der Waals surface area contributed by atoms with Gasteiger partial charge in [-0.2, -0.15) is 0 Å². The zero-order valence-corrected chi connectivity index (χ0v) is 11.2. The van der Waals surface area contributed by atoms with Gasteiger partial charge in [0.1, 0.15) is 12.4 Å². The van der Waals surface area contributed by atoms with Gasteiger partial charge >= 0.3 is 5.97 Å². The molecular formula is C14H20FNO3. The summed E-state index contributed by atoms with van der Waals surface area (Å²) in [5.74, 6) is -0.443. The molecule has 0 spiro atoms. The Hall–Kier alpha value is -1.46. The SMILES string of the molecule is CCC(=O)OCCOCCNCc1cccc(F)c1. The molecule has 0 radical (unpaired) electrons. The molecule has 0 aliphatic rings. The average Bonchev–Trinajstić information content (AvgIpc) is 2.41. The molecule has 4 nitrogen and oxygen atoms in total. The minimum atomic E-state index is -0.228. The second-order valence-corrected chi connectivity index (χ2v) is 3.99. The predicted molar refractivity (Wildman–Crippen MR) is 70.2 cm³/mol. The van der Waals surface area contributed by atoms with Gasteiger partial charge in [-0.25, -0.2) is 4.39 Å². The van der Waals surface area contributed by atoms with E-state index in [9.17, 15) is 9.18 Å². The molecule has 0 aliphatic heterocycles. The van der Waals surface area contributed by atoms with E-state index in [1.807, 2.05) is 6.07 Å². The normalized spacial score (nSPS) is 10.4. The largest absolute Gasteiger partial charge is 0.463 e. The predicted octanol–water partition coefficient (Wildman–Crippen LogP) is 1.89. The van der Waals surface area contributed by atoms with Crippen molar-refractivity contribution in [3.63, 3.8) is 0 Å². The minimum absolute atomic E-state index is 0.215. The molecule has 0 atom stereocenters. The molecule has 5 heteroatoms. The smallest absolute Gasteiger partial charge is 0.305 e. The van der Waals surface area contributed by atoms with Gasteiger partial charge in [0.25, 0.3) is 0 Å². The molecule has 1 N–H and O–H groups in total. The van der Waals surface area contributed by atoms with Gasteiger partial charge in [0.05, 0.1) is 13.2 Å². The van der Waals surface area contributed by atoms with Crippen LogP contribution in [0, 0.1) is 5.82 Å². The summed E-state index contributed by atoms with van der Waals surface area (Å²) < 4.78 is 23.0. The van der Waals surface area contributed by atoms with Crippen molar-refractivity contribution in [1.29, 1.82) is 0 Å². The van der Waals surface area contributed by atoms with Gasteiger partial charge in [-0.1, -0.05) is 19.1 Å². The molecule has 0 heterocycles. The Balaban J connectivity index is 1.95. The maximum atomic E-state index is 12.9. The molecule has 1 aromatic carbocycles. The number of carbonyl (C=O) groups is 1. The summed E-state index contributed by atoms with van der Waals surface area (Å²) in [6, 6.07) is 6.47. The summed E-state index contributed by atoms with van der Waals surface area (Å²) in [6.07, 6.45) is 0.384. The fourth-order valence-corrected chi connectivity index (χ4v) is 1.44. The molecule has 0 unspecified atom stereocenters. The van der Waals surface area contributed by atoms with E-state index in [1.165, 1.54) is 12.1 Å². The number of hydrogen-bond acceptors (Lipinski definition) is 4. The van der Waals surface area contributed by atoms with Gasteiger partial charge in [-0.3, -0.25) is 4.79 Å². The van der Waals surface area contributed by atoms with Crippen LogP contribution in [0.15, 0.2) is 24.3 Å². The Morgan fingerprint density at radius 2 is 2.16 bits per heavy atom. The third kappa shape index (κ3) is 7.54. The van der Waals surface area contributed by atoms with Crippen molar-refractivity contribution in [2.75, 3.05) is 26.4 Å². The lowest BCUT2D eigenvalue weighted by molar-refractivity contribution is -0.144. The lowest BCUT2D eigenvalue weighted by Gasteiger charge is -2.07. The van der Waals surface area contributed by atoms with Crippen molar-refractivity contribution >= 4 is 5.97 Å². The Kier molecular flexibility index (Phi) is 7.77. The highest BCUT2D eigenvalue weighted by atomic mass is 19.1. The van der Waals surface area contributed by atoms with Crippen molar-refractivity contribution in [1.82, 2.24) is 5.32 Å². The zero-order chi connectivity index (χ0) is 13.9. The van der Waals surface area contributed by atoms with E-state index in [0.717, 1.165) is 5.56 Å². The van der Waals surface area contributed by atoms with Crippen molar-refractivity contribution in [2.24, 2.45) is 0 Å². The van der Waals surface area contributed by atoms with E-state index >= 15 is 0 Å². The Morgan fingerprint density at radius 1 is 1.32 bits per heavy atom. The second-order valence-electron chi connectivity index (χ2n) is 3.99. The highest BCUT2D eigenvalue weighted by molar-refractivity contribution is 5.68. The molecule has 1 rings (SSSR count). The maximum Gasteiger partial charge on any atom is 0.305 e. The monoisotopic (exact) mass is 269 g/mol. The van der Waals surface area contributed by atoms with Crippen LogP contribution >= 0.6 is 0 Å². The quantitative estimate of drug-likeness (QED) is 0.549. The molecule has 0 saturated carbocycles. The van der Waals surface area contributed by atoms with Crippen LogP contribution in [0.5, 0.6) is 0 Å². The molecule has 0 bridgehead atoms. The highest BCUT2D eigenvalue weighted by Crippen LogP contribution is 2.02. The molecule has 0 amide bonds. The van der Waals surface area contributed by atoms with Gasteiger partial charge in [0.15, 0.2) is 0 Å². The van der Waals surface area contributed by atoms with E-state index in [4.69, 9.17) is 9.47 Å². The summed E-state index contributed by atoms with van der Waals surface area (Å²) in [5.41, 5.74) is 0.900. The van der Waals surface area contributed by atoms with Gasteiger partial charge in [-0.15, -0.1) is 0 Å². The van der Waals surface area contributed by atoms with Crippen molar-refractivity contribution in [3.8, 4) is 0 Å². The number of nitrogens with one attached hydrogen (secondary N) is 1. The summed E-state index contributed by atoms with van der Waals surface area (Å²) >= 11 is 0.